The molecule has 0 atom stereocenters. The number of hydrogen-bond acceptors (Lipinski definition) is 3. The molecule has 15 heavy (non-hydrogen) atoms. The zero-order valence-electron chi connectivity index (χ0n) is 9.49. The number of rotatable bonds is 3. The summed E-state index contributed by atoms with van der Waals surface area (Å²) in [5, 5.41) is 7.98. The van der Waals surface area contributed by atoms with Crippen molar-refractivity contribution in [2.45, 2.75) is 32.2 Å². The summed E-state index contributed by atoms with van der Waals surface area (Å²) in [6, 6.07) is 0.549. The van der Waals surface area contributed by atoms with E-state index >= 15 is 0 Å². The van der Waals surface area contributed by atoms with Gasteiger partial charge in [-0.3, -0.25) is 4.68 Å². The van der Waals surface area contributed by atoms with E-state index in [1.165, 1.54) is 5.69 Å². The van der Waals surface area contributed by atoms with Crippen LogP contribution in [-0.4, -0.2) is 29.0 Å². The fraction of sp³-hybridized carbons (Fsp3) is 0.727. The Kier molecular flexibility index (Phi) is 3.26. The lowest BCUT2D eigenvalue weighted by Gasteiger charge is -2.23. The highest BCUT2D eigenvalue weighted by molar-refractivity contribution is 5.47. The molecule has 0 aliphatic carbocycles. The van der Waals surface area contributed by atoms with Crippen LogP contribution >= 0.6 is 0 Å². The Morgan fingerprint density at radius 2 is 2.27 bits per heavy atom. The van der Waals surface area contributed by atoms with Gasteiger partial charge in [-0.15, -0.1) is 0 Å². The molecule has 1 aliphatic rings. The molecule has 4 heteroatoms. The van der Waals surface area contributed by atoms with Gasteiger partial charge in [-0.1, -0.05) is 6.92 Å². The normalized spacial score (nSPS) is 18.0. The first-order chi connectivity index (χ1) is 7.29. The molecule has 1 fully saturated rings. The van der Waals surface area contributed by atoms with Crippen LogP contribution in [0.5, 0.6) is 0 Å². The minimum absolute atomic E-state index is 0.549. The first kappa shape index (κ1) is 10.5. The van der Waals surface area contributed by atoms with Crippen molar-refractivity contribution in [2.75, 3.05) is 18.5 Å². The molecule has 84 valence electrons. The number of anilines is 1. The monoisotopic (exact) mass is 209 g/mol. The Morgan fingerprint density at radius 1 is 1.53 bits per heavy atom. The maximum atomic E-state index is 5.34. The van der Waals surface area contributed by atoms with Gasteiger partial charge in [0, 0.05) is 32.5 Å². The highest BCUT2D eigenvalue weighted by Gasteiger charge is 2.15. The molecule has 0 bridgehead atoms. The maximum Gasteiger partial charge on any atom is 0.0853 e. The Hall–Kier alpha value is -1.03. The number of nitrogens with zero attached hydrogens (tertiary/aromatic N) is 2. The molecule has 1 aliphatic heterocycles. The second-order valence-electron chi connectivity index (χ2n) is 4.05. The van der Waals surface area contributed by atoms with E-state index in [0.717, 1.165) is 38.2 Å². The van der Waals surface area contributed by atoms with Crippen LogP contribution < -0.4 is 5.32 Å². The topological polar surface area (TPSA) is 39.1 Å². The van der Waals surface area contributed by atoms with Crippen molar-refractivity contribution in [1.29, 1.82) is 0 Å². The van der Waals surface area contributed by atoms with Crippen molar-refractivity contribution in [3.05, 3.63) is 11.9 Å². The summed E-state index contributed by atoms with van der Waals surface area (Å²) in [5.41, 5.74) is 2.34. The van der Waals surface area contributed by atoms with Gasteiger partial charge >= 0.3 is 0 Å². The van der Waals surface area contributed by atoms with Crippen molar-refractivity contribution in [3.63, 3.8) is 0 Å². The maximum absolute atomic E-state index is 5.34. The molecule has 1 aromatic heterocycles. The van der Waals surface area contributed by atoms with E-state index in [9.17, 15) is 0 Å². The van der Waals surface area contributed by atoms with Crippen molar-refractivity contribution >= 4 is 5.69 Å². The summed E-state index contributed by atoms with van der Waals surface area (Å²) < 4.78 is 7.21. The van der Waals surface area contributed by atoms with Gasteiger partial charge in [0.2, 0.25) is 0 Å². The van der Waals surface area contributed by atoms with Gasteiger partial charge in [-0.2, -0.15) is 5.10 Å². The quantitative estimate of drug-likeness (QED) is 0.821. The smallest absolute Gasteiger partial charge is 0.0853 e. The van der Waals surface area contributed by atoms with Crippen LogP contribution in [0.2, 0.25) is 0 Å². The van der Waals surface area contributed by atoms with Crippen molar-refractivity contribution < 1.29 is 4.74 Å². The molecule has 4 nitrogen and oxygen atoms in total. The standard InChI is InChI=1S/C11H19N3O/c1-3-10-11(8-14(2)13-10)12-9-4-6-15-7-5-9/h8-9,12H,3-7H2,1-2H3. The van der Waals surface area contributed by atoms with E-state index in [-0.39, 0.29) is 0 Å². The predicted octanol–water partition coefficient (Wildman–Crippen LogP) is 1.57. The summed E-state index contributed by atoms with van der Waals surface area (Å²) in [6.07, 6.45) is 5.23. The predicted molar refractivity (Wildman–Crippen MR) is 60.0 cm³/mol. The molecule has 1 saturated heterocycles. The minimum Gasteiger partial charge on any atom is -0.381 e. The Morgan fingerprint density at radius 3 is 2.93 bits per heavy atom. The number of nitrogens with one attached hydrogen (secondary N) is 1. The van der Waals surface area contributed by atoms with Gasteiger partial charge in [-0.25, -0.2) is 0 Å². The zero-order chi connectivity index (χ0) is 10.7. The van der Waals surface area contributed by atoms with Crippen LogP contribution in [0.3, 0.4) is 0 Å². The first-order valence-electron chi connectivity index (χ1n) is 5.66. The van der Waals surface area contributed by atoms with Crippen molar-refractivity contribution in [1.82, 2.24) is 9.78 Å². The minimum atomic E-state index is 0.549. The largest absolute Gasteiger partial charge is 0.381 e. The van der Waals surface area contributed by atoms with E-state index < -0.39 is 0 Å². The molecule has 0 saturated carbocycles. The molecule has 0 spiro atoms. The van der Waals surface area contributed by atoms with E-state index in [1.807, 2.05) is 11.7 Å². The molecule has 1 aromatic rings. The van der Waals surface area contributed by atoms with E-state index in [1.54, 1.807) is 0 Å². The highest BCUT2D eigenvalue weighted by atomic mass is 16.5. The summed E-state index contributed by atoms with van der Waals surface area (Å²) >= 11 is 0. The van der Waals surface area contributed by atoms with Crippen LogP contribution in [0.15, 0.2) is 6.20 Å². The third-order valence-corrected chi connectivity index (χ3v) is 2.82. The Labute approximate surface area is 90.6 Å². The number of hydrogen-bond donors (Lipinski definition) is 1. The van der Waals surface area contributed by atoms with Crippen molar-refractivity contribution in [2.24, 2.45) is 7.05 Å². The summed E-state index contributed by atoms with van der Waals surface area (Å²) in [4.78, 5) is 0. The highest BCUT2D eigenvalue weighted by Crippen LogP contribution is 2.18. The lowest BCUT2D eigenvalue weighted by molar-refractivity contribution is 0.0904. The van der Waals surface area contributed by atoms with Gasteiger partial charge in [-0.05, 0) is 19.3 Å². The zero-order valence-corrected chi connectivity index (χ0v) is 9.49. The van der Waals surface area contributed by atoms with Crippen molar-refractivity contribution in [3.8, 4) is 0 Å². The first-order valence-corrected chi connectivity index (χ1v) is 5.66. The summed E-state index contributed by atoms with van der Waals surface area (Å²) in [5.74, 6) is 0. The van der Waals surface area contributed by atoms with Gasteiger partial charge in [0.25, 0.3) is 0 Å². The summed E-state index contributed by atoms with van der Waals surface area (Å²) in [6.45, 7) is 3.89. The molecular weight excluding hydrogens is 190 g/mol. The van der Waals surface area contributed by atoms with E-state index in [4.69, 9.17) is 4.74 Å². The van der Waals surface area contributed by atoms with Crippen LogP contribution in [0, 0.1) is 0 Å². The van der Waals surface area contributed by atoms with Crippen LogP contribution in [0.25, 0.3) is 0 Å². The van der Waals surface area contributed by atoms with Gasteiger partial charge in [0.15, 0.2) is 0 Å². The van der Waals surface area contributed by atoms with E-state index in [2.05, 4.69) is 23.5 Å². The second kappa shape index (κ2) is 4.66. The molecule has 2 heterocycles. The van der Waals surface area contributed by atoms with Gasteiger partial charge < -0.3 is 10.1 Å². The molecule has 0 amide bonds. The van der Waals surface area contributed by atoms with Gasteiger partial charge in [0.1, 0.15) is 0 Å². The van der Waals surface area contributed by atoms with Crippen LogP contribution in [0.1, 0.15) is 25.5 Å². The number of ether oxygens (including phenoxy) is 1. The van der Waals surface area contributed by atoms with Gasteiger partial charge in [0.05, 0.1) is 11.4 Å². The Bertz CT molecular complexity index is 316. The van der Waals surface area contributed by atoms with E-state index in [0.29, 0.717) is 6.04 Å². The summed E-state index contributed by atoms with van der Waals surface area (Å²) in [7, 11) is 1.97. The SMILES string of the molecule is CCc1nn(C)cc1NC1CCOCC1. The number of aromatic nitrogens is 2. The molecule has 0 radical (unpaired) electrons. The third kappa shape index (κ3) is 2.50. The lowest BCUT2D eigenvalue weighted by Crippen LogP contribution is -2.28. The fourth-order valence-electron chi connectivity index (χ4n) is 1.98. The van der Waals surface area contributed by atoms with Crippen LogP contribution in [-0.2, 0) is 18.2 Å². The average Bonchev–Trinajstić information content (AvgIpc) is 2.60. The van der Waals surface area contributed by atoms with Crippen LogP contribution in [0.4, 0.5) is 5.69 Å². The molecule has 0 aromatic carbocycles. The average molecular weight is 209 g/mol. The second-order valence-corrected chi connectivity index (χ2v) is 4.05. The lowest BCUT2D eigenvalue weighted by atomic mass is 10.1. The fourth-order valence-corrected chi connectivity index (χ4v) is 1.98. The number of aryl methyl sites for hydroxylation is 2. The molecule has 0 unspecified atom stereocenters. The molecular formula is C11H19N3O. The Balaban J connectivity index is 2.02. The molecule has 2 rings (SSSR count). The third-order valence-electron chi connectivity index (χ3n) is 2.82. The molecule has 1 N–H and O–H groups in total.